The van der Waals surface area contributed by atoms with Crippen molar-refractivity contribution >= 4 is 28.9 Å². The molecule has 2 saturated carbocycles. The van der Waals surface area contributed by atoms with Gasteiger partial charge in [-0.25, -0.2) is 8.78 Å². The van der Waals surface area contributed by atoms with Crippen LogP contribution in [0.25, 0.3) is 0 Å². The molecule has 1 atom stereocenters. The van der Waals surface area contributed by atoms with Gasteiger partial charge in [-0.15, -0.1) is 0 Å². The molecule has 1 amide bonds. The van der Waals surface area contributed by atoms with E-state index in [2.05, 4.69) is 16.0 Å². The van der Waals surface area contributed by atoms with Gasteiger partial charge >= 0.3 is 0 Å². The van der Waals surface area contributed by atoms with E-state index in [1.165, 1.54) is 6.42 Å². The Hall–Kier alpha value is -2.34. The molecule has 2 aromatic carbocycles. The number of para-hydroxylation sites is 2. The molecule has 34 heavy (non-hydrogen) atoms. The molecule has 0 aromatic heterocycles. The number of carbonyl (C=O) groups is 1. The van der Waals surface area contributed by atoms with Crippen molar-refractivity contribution in [2.24, 2.45) is 11.8 Å². The van der Waals surface area contributed by atoms with Crippen molar-refractivity contribution in [1.82, 2.24) is 5.32 Å². The Labute approximate surface area is 204 Å². The Morgan fingerprint density at radius 3 is 2.09 bits per heavy atom. The van der Waals surface area contributed by atoms with Crippen molar-refractivity contribution in [3.8, 4) is 0 Å². The average molecular weight is 488 g/mol. The fourth-order valence-electron chi connectivity index (χ4n) is 6.06. The maximum Gasteiger partial charge on any atom is 0.248 e. The molecule has 4 nitrogen and oxygen atoms in total. The summed E-state index contributed by atoms with van der Waals surface area (Å²) in [4.78, 5) is 14.1. The van der Waals surface area contributed by atoms with Crippen molar-refractivity contribution in [3.05, 3.63) is 59.1 Å². The maximum atomic E-state index is 14.1. The van der Waals surface area contributed by atoms with Gasteiger partial charge in [0.25, 0.3) is 0 Å². The highest BCUT2D eigenvalue weighted by molar-refractivity contribution is 6.30. The van der Waals surface area contributed by atoms with Gasteiger partial charge < -0.3 is 16.0 Å². The Balaban J connectivity index is 1.51. The molecule has 1 heterocycles. The Morgan fingerprint density at radius 2 is 1.50 bits per heavy atom. The zero-order valence-corrected chi connectivity index (χ0v) is 20.0. The quantitative estimate of drug-likeness (QED) is 0.429. The van der Waals surface area contributed by atoms with Crippen LogP contribution < -0.4 is 16.0 Å². The van der Waals surface area contributed by atoms with E-state index in [-0.39, 0.29) is 30.7 Å². The smallest absolute Gasteiger partial charge is 0.248 e. The first-order valence-corrected chi connectivity index (χ1v) is 12.8. The predicted octanol–water partition coefficient (Wildman–Crippen LogP) is 6.92. The van der Waals surface area contributed by atoms with E-state index < -0.39 is 17.5 Å². The molecule has 2 aliphatic carbocycles. The lowest BCUT2D eigenvalue weighted by atomic mass is 9.71. The Bertz CT molecular complexity index is 988. The van der Waals surface area contributed by atoms with E-state index in [9.17, 15) is 13.6 Å². The van der Waals surface area contributed by atoms with Gasteiger partial charge in [0.1, 0.15) is 5.66 Å². The summed E-state index contributed by atoms with van der Waals surface area (Å²) in [6, 6.07) is 15.4. The van der Waals surface area contributed by atoms with E-state index in [0.29, 0.717) is 17.9 Å². The summed E-state index contributed by atoms with van der Waals surface area (Å²) in [5.74, 6) is -2.93. The molecule has 2 aromatic rings. The van der Waals surface area contributed by atoms with Crippen molar-refractivity contribution in [1.29, 1.82) is 0 Å². The molecule has 0 spiro atoms. The van der Waals surface area contributed by atoms with Crippen LogP contribution in [0, 0.1) is 11.8 Å². The highest BCUT2D eigenvalue weighted by Gasteiger charge is 2.52. The van der Waals surface area contributed by atoms with Crippen LogP contribution in [-0.2, 0) is 10.5 Å². The van der Waals surface area contributed by atoms with Crippen LogP contribution in [0.1, 0.15) is 63.4 Å². The van der Waals surface area contributed by atoms with Crippen molar-refractivity contribution in [2.75, 3.05) is 10.6 Å². The summed E-state index contributed by atoms with van der Waals surface area (Å²) in [7, 11) is 0. The van der Waals surface area contributed by atoms with Crippen LogP contribution in [0.2, 0.25) is 5.02 Å². The lowest BCUT2D eigenvalue weighted by Gasteiger charge is -2.44. The van der Waals surface area contributed by atoms with E-state index in [0.717, 1.165) is 42.6 Å². The topological polar surface area (TPSA) is 53.2 Å². The first kappa shape index (κ1) is 23.4. The largest absolute Gasteiger partial charge is 0.357 e. The van der Waals surface area contributed by atoms with Gasteiger partial charge in [0.2, 0.25) is 11.8 Å². The van der Waals surface area contributed by atoms with Gasteiger partial charge in [0.15, 0.2) is 0 Å². The molecule has 0 radical (unpaired) electrons. The molecule has 0 saturated heterocycles. The normalized spacial score (nSPS) is 22.8. The van der Waals surface area contributed by atoms with Gasteiger partial charge in [-0.05, 0) is 61.4 Å². The van der Waals surface area contributed by atoms with Crippen LogP contribution in [-0.4, -0.2) is 17.9 Å². The number of fused-ring (bicyclic) bond motifs is 1. The maximum absolute atomic E-state index is 14.1. The van der Waals surface area contributed by atoms with Crippen LogP contribution >= 0.6 is 11.6 Å². The second-order valence-corrected chi connectivity index (χ2v) is 10.6. The summed E-state index contributed by atoms with van der Waals surface area (Å²) in [6.45, 7) is 0. The first-order valence-electron chi connectivity index (χ1n) is 12.5. The number of anilines is 2. The van der Waals surface area contributed by atoms with Crippen molar-refractivity contribution < 1.29 is 13.6 Å². The zero-order chi connectivity index (χ0) is 23.8. The summed E-state index contributed by atoms with van der Waals surface area (Å²) >= 11 is 6.21. The average Bonchev–Trinajstić information content (AvgIpc) is 3.22. The molecule has 0 bridgehead atoms. The van der Waals surface area contributed by atoms with E-state index in [1.807, 2.05) is 48.5 Å². The Kier molecular flexibility index (Phi) is 6.45. The third-order valence-electron chi connectivity index (χ3n) is 7.82. The fourth-order valence-corrected chi connectivity index (χ4v) is 6.18. The molecule has 5 rings (SSSR count). The van der Waals surface area contributed by atoms with Crippen molar-refractivity contribution in [3.63, 3.8) is 0 Å². The minimum Gasteiger partial charge on any atom is -0.357 e. The standard InChI is InChI=1S/C27H32ClF2N3O/c28-20-12-10-19(11-13-20)27(32-22-8-4-5-9-23(22)33-27)24(18-6-2-1-3-7-18)25(34)31-21-14-16-26(29,30)17-15-21/h4-5,8-13,18,21,24,32-33H,1-3,6-7,14-17H2,(H,31,34)/t24-/m1/s1. The highest BCUT2D eigenvalue weighted by Crippen LogP contribution is 2.49. The molecular weight excluding hydrogens is 456 g/mol. The molecule has 7 heteroatoms. The SMILES string of the molecule is O=C(NC1CCC(F)(F)CC1)[C@@H](C1CCCCC1)C1(c2ccc(Cl)cc2)Nc2ccccc2N1. The minimum atomic E-state index is -2.62. The van der Waals surface area contributed by atoms with Gasteiger partial charge in [-0.2, -0.15) is 0 Å². The molecule has 0 unspecified atom stereocenters. The zero-order valence-electron chi connectivity index (χ0n) is 19.3. The van der Waals surface area contributed by atoms with Gasteiger partial charge in [0, 0.05) is 23.9 Å². The third kappa shape index (κ3) is 4.61. The van der Waals surface area contributed by atoms with Crippen LogP contribution in [0.5, 0.6) is 0 Å². The lowest BCUT2D eigenvalue weighted by molar-refractivity contribution is -0.131. The van der Waals surface area contributed by atoms with Gasteiger partial charge in [-0.1, -0.05) is 55.1 Å². The number of rotatable bonds is 5. The number of benzene rings is 2. The van der Waals surface area contributed by atoms with Crippen molar-refractivity contribution in [2.45, 2.75) is 75.4 Å². The predicted molar refractivity (Wildman–Crippen MR) is 132 cm³/mol. The summed E-state index contributed by atoms with van der Waals surface area (Å²) in [5, 5.41) is 11.2. The molecule has 1 aliphatic heterocycles. The molecular formula is C27H32ClF2N3O. The summed E-state index contributed by atoms with van der Waals surface area (Å²) in [6.07, 6.45) is 5.58. The molecule has 182 valence electrons. The van der Waals surface area contributed by atoms with Crippen LogP contribution in [0.15, 0.2) is 48.5 Å². The molecule has 3 N–H and O–H groups in total. The first-order chi connectivity index (χ1) is 16.4. The minimum absolute atomic E-state index is 0.0649. The number of amides is 1. The highest BCUT2D eigenvalue weighted by atomic mass is 35.5. The van der Waals surface area contributed by atoms with E-state index in [1.54, 1.807) is 0 Å². The van der Waals surface area contributed by atoms with Crippen LogP contribution in [0.4, 0.5) is 20.2 Å². The molecule has 3 aliphatic rings. The number of hydrogen-bond donors (Lipinski definition) is 3. The second-order valence-electron chi connectivity index (χ2n) is 10.1. The van der Waals surface area contributed by atoms with Crippen LogP contribution in [0.3, 0.4) is 0 Å². The summed E-state index contributed by atoms with van der Waals surface area (Å²) in [5.41, 5.74) is 1.99. The molecule has 2 fully saturated rings. The second kappa shape index (κ2) is 9.37. The van der Waals surface area contributed by atoms with Gasteiger partial charge in [-0.3, -0.25) is 4.79 Å². The van der Waals surface area contributed by atoms with E-state index >= 15 is 0 Å². The fraction of sp³-hybridized carbons (Fsp3) is 0.519. The number of carbonyl (C=O) groups excluding carboxylic acids is 1. The lowest BCUT2D eigenvalue weighted by Crippen LogP contribution is -2.57. The van der Waals surface area contributed by atoms with Gasteiger partial charge in [0.05, 0.1) is 17.3 Å². The number of halogens is 3. The third-order valence-corrected chi connectivity index (χ3v) is 8.08. The monoisotopic (exact) mass is 487 g/mol. The number of alkyl halides is 2. The summed E-state index contributed by atoms with van der Waals surface area (Å²) < 4.78 is 27.5. The van der Waals surface area contributed by atoms with E-state index in [4.69, 9.17) is 11.6 Å². The number of nitrogens with one attached hydrogen (secondary N) is 3. The number of hydrogen-bond acceptors (Lipinski definition) is 3. The Morgan fingerprint density at radius 1 is 0.912 bits per heavy atom.